The summed E-state index contributed by atoms with van der Waals surface area (Å²) in [5, 5.41) is 0.723. The lowest BCUT2D eigenvalue weighted by Gasteiger charge is -2.26. The predicted molar refractivity (Wildman–Crippen MR) is 128 cm³/mol. The van der Waals surface area contributed by atoms with Gasteiger partial charge >= 0.3 is 0 Å². The number of piperidine rings is 1. The molecule has 0 radical (unpaired) electrons. The van der Waals surface area contributed by atoms with Crippen molar-refractivity contribution in [1.82, 2.24) is 14.9 Å². The lowest BCUT2D eigenvalue weighted by atomic mass is 10.0. The minimum atomic E-state index is 0.0339. The molecule has 2 fully saturated rings. The van der Waals surface area contributed by atoms with Crippen molar-refractivity contribution < 1.29 is 4.79 Å². The molecule has 0 aliphatic carbocycles. The highest BCUT2D eigenvalue weighted by Crippen LogP contribution is 2.36. The summed E-state index contributed by atoms with van der Waals surface area (Å²) in [6.45, 7) is 2.81. The van der Waals surface area contributed by atoms with E-state index < -0.39 is 0 Å². The maximum absolute atomic E-state index is 13.3. The molecule has 3 aromatic rings. The Hall–Kier alpha value is -2.92. The molecule has 2 aliphatic heterocycles. The summed E-state index contributed by atoms with van der Waals surface area (Å²) >= 11 is 6.42. The Balaban J connectivity index is 1.31. The van der Waals surface area contributed by atoms with Crippen LogP contribution in [-0.2, 0) is 0 Å². The van der Waals surface area contributed by atoms with Crippen molar-refractivity contribution in [2.45, 2.75) is 38.1 Å². The first kappa shape index (κ1) is 21.0. The van der Waals surface area contributed by atoms with E-state index in [1.807, 2.05) is 65.8 Å². The number of benzene rings is 2. The third-order valence-electron chi connectivity index (χ3n) is 6.52. The van der Waals surface area contributed by atoms with Crippen LogP contribution in [0.4, 0.5) is 5.95 Å². The molecular weight excluding hydrogens is 420 g/mol. The predicted octanol–water partition coefficient (Wildman–Crippen LogP) is 5.76. The van der Waals surface area contributed by atoms with E-state index in [1.165, 1.54) is 19.3 Å². The van der Waals surface area contributed by atoms with Crippen LogP contribution in [0.3, 0.4) is 0 Å². The highest BCUT2D eigenvalue weighted by molar-refractivity contribution is 6.31. The molecule has 2 aromatic carbocycles. The first-order chi connectivity index (χ1) is 15.7. The highest BCUT2D eigenvalue weighted by Gasteiger charge is 2.31. The Labute approximate surface area is 194 Å². The fraction of sp³-hybridized carbons (Fsp3) is 0.346. The van der Waals surface area contributed by atoms with Gasteiger partial charge in [-0.1, -0.05) is 41.9 Å². The number of amides is 1. The number of hydrogen-bond acceptors (Lipinski definition) is 4. The van der Waals surface area contributed by atoms with Crippen LogP contribution >= 0.6 is 11.6 Å². The molecular formula is C26H27ClN4O. The van der Waals surface area contributed by atoms with Crippen LogP contribution in [0.1, 0.15) is 54.1 Å². The van der Waals surface area contributed by atoms with Gasteiger partial charge in [-0.05, 0) is 61.4 Å². The number of halogens is 1. The van der Waals surface area contributed by atoms with E-state index in [2.05, 4.69) is 14.9 Å². The van der Waals surface area contributed by atoms with Crippen molar-refractivity contribution >= 4 is 23.5 Å². The second-order valence-corrected chi connectivity index (χ2v) is 8.98. The van der Waals surface area contributed by atoms with Crippen LogP contribution in [0.15, 0.2) is 60.9 Å². The van der Waals surface area contributed by atoms with Crippen LogP contribution in [-0.4, -0.2) is 40.4 Å². The molecule has 2 saturated heterocycles. The Morgan fingerprint density at radius 3 is 2.28 bits per heavy atom. The van der Waals surface area contributed by atoms with Gasteiger partial charge in [0.05, 0.1) is 6.04 Å². The van der Waals surface area contributed by atoms with E-state index in [0.29, 0.717) is 5.56 Å². The number of carbonyl (C=O) groups is 1. The van der Waals surface area contributed by atoms with Gasteiger partial charge in [0, 0.05) is 48.2 Å². The van der Waals surface area contributed by atoms with Crippen molar-refractivity contribution in [3.8, 4) is 11.1 Å². The maximum atomic E-state index is 13.3. The fourth-order valence-electron chi connectivity index (χ4n) is 4.78. The molecule has 5 nitrogen and oxygen atoms in total. The maximum Gasteiger partial charge on any atom is 0.254 e. The molecule has 164 valence electrons. The summed E-state index contributed by atoms with van der Waals surface area (Å²) in [7, 11) is 0. The Morgan fingerprint density at radius 2 is 1.56 bits per heavy atom. The number of rotatable bonds is 4. The SMILES string of the molecule is O=C(c1ccc(-c2cnc(N3CCCCC3)nc2)cc1)N1CCC[C@@H]1c1ccccc1Cl. The van der Waals surface area contributed by atoms with Crippen molar-refractivity contribution in [2.75, 3.05) is 24.5 Å². The zero-order chi connectivity index (χ0) is 21.9. The quantitative estimate of drug-likeness (QED) is 0.510. The van der Waals surface area contributed by atoms with Gasteiger partial charge in [-0.25, -0.2) is 9.97 Å². The lowest BCUT2D eigenvalue weighted by molar-refractivity contribution is 0.0736. The Morgan fingerprint density at radius 1 is 0.844 bits per heavy atom. The monoisotopic (exact) mass is 446 g/mol. The minimum absolute atomic E-state index is 0.0339. The molecule has 0 spiro atoms. The average Bonchev–Trinajstić information content (AvgIpc) is 3.34. The van der Waals surface area contributed by atoms with Crippen molar-refractivity contribution in [3.63, 3.8) is 0 Å². The zero-order valence-electron chi connectivity index (χ0n) is 18.1. The van der Waals surface area contributed by atoms with Crippen LogP contribution in [0.2, 0.25) is 5.02 Å². The second-order valence-electron chi connectivity index (χ2n) is 8.57. The van der Waals surface area contributed by atoms with Gasteiger partial charge in [0.15, 0.2) is 0 Å². The van der Waals surface area contributed by atoms with Crippen LogP contribution in [0.25, 0.3) is 11.1 Å². The van der Waals surface area contributed by atoms with Crippen LogP contribution in [0, 0.1) is 0 Å². The number of carbonyl (C=O) groups excluding carboxylic acids is 1. The standard InChI is InChI=1S/C26H27ClN4O/c27-23-8-3-2-7-22(23)24-9-6-16-31(24)25(32)20-12-10-19(11-13-20)21-17-28-26(29-18-21)30-14-4-1-5-15-30/h2-3,7-8,10-13,17-18,24H,1,4-6,9,14-16H2/t24-/m1/s1. The fourth-order valence-corrected chi connectivity index (χ4v) is 5.04. The van der Waals surface area contributed by atoms with Gasteiger partial charge in [-0.15, -0.1) is 0 Å². The normalized spacial score (nSPS) is 18.7. The Kier molecular flexibility index (Phi) is 6.08. The lowest BCUT2D eigenvalue weighted by Crippen LogP contribution is -2.30. The third kappa shape index (κ3) is 4.22. The highest BCUT2D eigenvalue weighted by atomic mass is 35.5. The first-order valence-electron chi connectivity index (χ1n) is 11.4. The van der Waals surface area contributed by atoms with Crippen molar-refractivity contribution in [3.05, 3.63) is 77.1 Å². The molecule has 0 bridgehead atoms. The molecule has 3 heterocycles. The summed E-state index contributed by atoms with van der Waals surface area (Å²) in [6.07, 6.45) is 9.37. The molecule has 6 heteroatoms. The largest absolute Gasteiger partial charge is 0.341 e. The number of nitrogens with zero attached hydrogens (tertiary/aromatic N) is 4. The van der Waals surface area contributed by atoms with E-state index in [1.54, 1.807) is 0 Å². The molecule has 5 rings (SSSR count). The van der Waals surface area contributed by atoms with E-state index in [9.17, 15) is 4.79 Å². The molecule has 0 N–H and O–H groups in total. The first-order valence-corrected chi connectivity index (χ1v) is 11.8. The molecule has 32 heavy (non-hydrogen) atoms. The molecule has 0 unspecified atom stereocenters. The van der Waals surface area contributed by atoms with Crippen molar-refractivity contribution in [2.24, 2.45) is 0 Å². The van der Waals surface area contributed by atoms with Gasteiger partial charge in [0.1, 0.15) is 0 Å². The van der Waals surface area contributed by atoms with Gasteiger partial charge < -0.3 is 9.80 Å². The van der Waals surface area contributed by atoms with Gasteiger partial charge in [-0.2, -0.15) is 0 Å². The molecule has 1 amide bonds. The zero-order valence-corrected chi connectivity index (χ0v) is 18.8. The van der Waals surface area contributed by atoms with Crippen molar-refractivity contribution in [1.29, 1.82) is 0 Å². The molecule has 2 aliphatic rings. The Bertz CT molecular complexity index is 1080. The number of likely N-dealkylation sites (tertiary alicyclic amines) is 1. The molecule has 1 aromatic heterocycles. The van der Waals surface area contributed by atoms with E-state index in [0.717, 1.165) is 60.1 Å². The summed E-state index contributed by atoms with van der Waals surface area (Å²) < 4.78 is 0. The second kappa shape index (κ2) is 9.29. The van der Waals surface area contributed by atoms with E-state index >= 15 is 0 Å². The van der Waals surface area contributed by atoms with Crippen LogP contribution in [0.5, 0.6) is 0 Å². The summed E-state index contributed by atoms with van der Waals surface area (Å²) in [5.41, 5.74) is 3.69. The smallest absolute Gasteiger partial charge is 0.254 e. The summed E-state index contributed by atoms with van der Waals surface area (Å²) in [5.74, 6) is 0.857. The summed E-state index contributed by atoms with van der Waals surface area (Å²) in [6, 6.07) is 15.6. The van der Waals surface area contributed by atoms with Gasteiger partial charge in [0.2, 0.25) is 5.95 Å². The molecule has 0 saturated carbocycles. The van der Waals surface area contributed by atoms with E-state index in [-0.39, 0.29) is 11.9 Å². The average molecular weight is 447 g/mol. The number of aromatic nitrogens is 2. The summed E-state index contributed by atoms with van der Waals surface area (Å²) in [4.78, 5) is 26.6. The third-order valence-corrected chi connectivity index (χ3v) is 6.86. The number of anilines is 1. The van der Waals surface area contributed by atoms with E-state index in [4.69, 9.17) is 11.6 Å². The number of hydrogen-bond donors (Lipinski definition) is 0. The van der Waals surface area contributed by atoms with Crippen LogP contribution < -0.4 is 4.90 Å². The molecule has 1 atom stereocenters. The van der Waals surface area contributed by atoms with Gasteiger partial charge in [-0.3, -0.25) is 4.79 Å². The van der Waals surface area contributed by atoms with Gasteiger partial charge in [0.25, 0.3) is 5.91 Å². The topological polar surface area (TPSA) is 49.3 Å². The minimum Gasteiger partial charge on any atom is -0.341 e.